The normalized spacial score (nSPS) is 18.9. The van der Waals surface area contributed by atoms with Gasteiger partial charge in [0.05, 0.1) is 0 Å². The molecule has 0 fully saturated rings. The molecule has 6 heteroatoms. The fourth-order valence-corrected chi connectivity index (χ4v) is 39.1. The molecule has 2 aromatic carbocycles. The fourth-order valence-electron chi connectivity index (χ4n) is 7.55. The van der Waals surface area contributed by atoms with Crippen LogP contribution in [0.2, 0.25) is 13.1 Å². The number of rotatable bonds is 11. The first-order chi connectivity index (χ1) is 20.3. The minimum atomic E-state index is -4.81. The Morgan fingerprint density at radius 1 is 0.667 bits per heavy atom. The molecule has 0 bridgehead atoms. The number of allylic oxidation sites excluding steroid dienone is 2. The first-order valence-electron chi connectivity index (χ1n) is 15.6. The summed E-state index contributed by atoms with van der Waals surface area (Å²) in [5.41, 5.74) is 10.3. The van der Waals surface area contributed by atoms with Crippen LogP contribution in [-0.4, -0.2) is 5.92 Å². The van der Waals surface area contributed by atoms with Crippen LogP contribution in [0.3, 0.4) is 0 Å². The Labute approximate surface area is 259 Å². The van der Waals surface area contributed by atoms with Gasteiger partial charge in [-0.05, 0) is 0 Å². The molecule has 0 saturated carbocycles. The molecule has 0 saturated heterocycles. The van der Waals surface area contributed by atoms with Gasteiger partial charge in [0.15, 0.2) is 0 Å². The van der Waals surface area contributed by atoms with Crippen LogP contribution in [0.15, 0.2) is 93.2 Å². The summed E-state index contributed by atoms with van der Waals surface area (Å²) in [6.07, 6.45) is 15.0. The second-order valence-electron chi connectivity index (χ2n) is 12.5. The van der Waals surface area contributed by atoms with Gasteiger partial charge in [-0.25, -0.2) is 0 Å². The molecule has 2 aliphatic rings. The van der Waals surface area contributed by atoms with E-state index in [2.05, 4.69) is 87.6 Å². The van der Waals surface area contributed by atoms with Crippen LogP contribution < -0.4 is 0 Å². The van der Waals surface area contributed by atoms with Crippen molar-refractivity contribution in [2.75, 3.05) is 0 Å². The summed E-state index contributed by atoms with van der Waals surface area (Å²) < 4.78 is 12.0. The molecule has 0 aliphatic heterocycles. The maximum atomic E-state index is 8.61. The molecule has 4 aromatic rings. The second kappa shape index (κ2) is 11.9. The molecular weight excluding hydrogens is 655 g/mol. The van der Waals surface area contributed by atoms with Crippen molar-refractivity contribution in [2.24, 2.45) is 0 Å². The van der Waals surface area contributed by atoms with Crippen molar-refractivity contribution in [3.63, 3.8) is 0 Å². The summed E-state index contributed by atoms with van der Waals surface area (Å²) in [6.45, 7) is 9.41. The van der Waals surface area contributed by atoms with Gasteiger partial charge >= 0.3 is 261 Å². The SMILES string of the molecule is CCCCC1=Cc2c(-c3ccco3)cccc2[CH]1[Zr]([Cl])([Cl])([CH]1C(CCCC)=Cc2c(-c3ccco3)cccc21)[SiH](C)C. The predicted octanol–water partition coefficient (Wildman–Crippen LogP) is 12.1. The van der Waals surface area contributed by atoms with E-state index < -0.39 is 21.5 Å². The van der Waals surface area contributed by atoms with Crippen LogP contribution >= 0.6 is 17.0 Å². The third-order valence-corrected chi connectivity index (χ3v) is 61.6. The molecule has 0 spiro atoms. The van der Waals surface area contributed by atoms with Gasteiger partial charge in [0.25, 0.3) is 0 Å². The van der Waals surface area contributed by atoms with E-state index >= 15 is 0 Å². The minimum absolute atomic E-state index is 0.0890. The van der Waals surface area contributed by atoms with Crippen molar-refractivity contribution < 1.29 is 24.4 Å². The van der Waals surface area contributed by atoms with Crippen LogP contribution in [0, 0.1) is 0 Å². The number of benzene rings is 2. The van der Waals surface area contributed by atoms with E-state index in [0.29, 0.717) is 0 Å². The third-order valence-electron chi connectivity index (χ3n) is 9.72. The van der Waals surface area contributed by atoms with Crippen LogP contribution in [0.5, 0.6) is 0 Å². The molecule has 0 radical (unpaired) electrons. The molecule has 2 aromatic heterocycles. The Bertz CT molecular complexity index is 1520. The number of hydrogen-bond donors (Lipinski definition) is 0. The Morgan fingerprint density at radius 2 is 1.12 bits per heavy atom. The zero-order valence-corrected chi connectivity index (χ0v) is 30.3. The Balaban J connectivity index is 1.59. The van der Waals surface area contributed by atoms with Crippen LogP contribution in [0.25, 0.3) is 34.8 Å². The quantitative estimate of drug-likeness (QED) is 0.146. The summed E-state index contributed by atoms with van der Waals surface area (Å²) in [7, 11) is 17.2. The van der Waals surface area contributed by atoms with Crippen LogP contribution in [-0.2, 0) is 15.6 Å². The molecule has 2 unspecified atom stereocenters. The summed E-state index contributed by atoms with van der Waals surface area (Å²) >= 11 is -4.81. The van der Waals surface area contributed by atoms with Gasteiger partial charge in [-0.3, -0.25) is 0 Å². The van der Waals surface area contributed by atoms with Crippen molar-refractivity contribution in [1.82, 2.24) is 0 Å². The topological polar surface area (TPSA) is 26.3 Å². The molecule has 2 nitrogen and oxygen atoms in total. The molecule has 6 rings (SSSR count). The maximum absolute atomic E-state index is 8.61. The van der Waals surface area contributed by atoms with E-state index in [9.17, 15) is 0 Å². The number of hydrogen-bond acceptors (Lipinski definition) is 2. The number of unbranched alkanes of at least 4 members (excludes halogenated alkanes) is 2. The van der Waals surface area contributed by atoms with Gasteiger partial charge in [0.2, 0.25) is 0 Å². The molecule has 42 heavy (non-hydrogen) atoms. The van der Waals surface area contributed by atoms with Gasteiger partial charge < -0.3 is 0 Å². The van der Waals surface area contributed by atoms with Crippen molar-refractivity contribution in [3.05, 3.63) is 107 Å². The average molecular weight is 696 g/mol. The first-order valence-corrected chi connectivity index (χ1v) is 31.9. The predicted molar refractivity (Wildman–Crippen MR) is 179 cm³/mol. The van der Waals surface area contributed by atoms with Gasteiger partial charge in [0.1, 0.15) is 0 Å². The molecular formula is C36H41Cl2O2SiZr. The van der Waals surface area contributed by atoms with E-state index in [0.717, 1.165) is 61.2 Å². The third kappa shape index (κ3) is 4.86. The number of furan rings is 2. The van der Waals surface area contributed by atoms with E-state index in [1.807, 2.05) is 12.1 Å². The molecule has 0 amide bonds. The molecule has 219 valence electrons. The summed E-state index contributed by atoms with van der Waals surface area (Å²) in [6, 6.07) is 21.4. The van der Waals surface area contributed by atoms with Crippen LogP contribution in [0.4, 0.5) is 0 Å². The Hall–Kier alpha value is -1.84. The van der Waals surface area contributed by atoms with Crippen molar-refractivity contribution in [2.45, 2.75) is 72.7 Å². The molecule has 2 aliphatic carbocycles. The zero-order chi connectivity index (χ0) is 29.5. The number of fused-ring (bicyclic) bond motifs is 2. The first kappa shape index (κ1) is 30.2. The summed E-state index contributed by atoms with van der Waals surface area (Å²) in [5.74, 6) is 0.174. The second-order valence-corrected chi connectivity index (χ2v) is 55.0. The van der Waals surface area contributed by atoms with Gasteiger partial charge in [0, 0.05) is 0 Å². The fraction of sp³-hybridized carbons (Fsp3) is 0.333. The van der Waals surface area contributed by atoms with E-state index in [1.54, 1.807) is 12.5 Å². The van der Waals surface area contributed by atoms with Gasteiger partial charge in [-0.2, -0.15) is 0 Å². The number of halogens is 2. The van der Waals surface area contributed by atoms with Crippen molar-refractivity contribution in [1.29, 1.82) is 0 Å². The molecule has 0 N–H and O–H groups in total. The van der Waals surface area contributed by atoms with Gasteiger partial charge in [-0.15, -0.1) is 0 Å². The average Bonchev–Trinajstić information content (AvgIpc) is 3.79. The zero-order valence-electron chi connectivity index (χ0n) is 25.1. The van der Waals surface area contributed by atoms with Crippen molar-refractivity contribution in [3.8, 4) is 22.6 Å². The summed E-state index contributed by atoms with van der Waals surface area (Å²) in [5, 5.41) is 0. The standard InChI is InChI=1S/2C17H17O.C2H7Si.2ClH.Zr/c2*1-2-3-6-13-11-14-7-4-8-15(16(14)12-13)17-9-5-10-18-17;1-3-2;;;/h2*4-5,7-12H,2-3,6H2,1H3;3H,1-2H3;2*1H;/q;;;;;+2/p-2. The molecule has 2 atom stereocenters. The molecule has 2 heterocycles. The summed E-state index contributed by atoms with van der Waals surface area (Å²) in [4.78, 5) is 0. The van der Waals surface area contributed by atoms with E-state index in [4.69, 9.17) is 25.9 Å². The van der Waals surface area contributed by atoms with Crippen molar-refractivity contribution >= 4 is 35.1 Å². The van der Waals surface area contributed by atoms with E-state index in [-0.39, 0.29) is 7.25 Å². The Kier molecular flexibility index (Phi) is 8.57. The van der Waals surface area contributed by atoms with Crippen LogP contribution in [0.1, 0.15) is 81.9 Å². The Morgan fingerprint density at radius 3 is 1.48 bits per heavy atom. The van der Waals surface area contributed by atoms with Gasteiger partial charge in [-0.1, -0.05) is 0 Å². The van der Waals surface area contributed by atoms with E-state index in [1.165, 1.54) is 33.4 Å². The monoisotopic (exact) mass is 693 g/mol.